The Hall–Kier alpha value is -4.29. The van der Waals surface area contributed by atoms with Crippen molar-refractivity contribution in [3.05, 3.63) is 94.4 Å². The summed E-state index contributed by atoms with van der Waals surface area (Å²) < 4.78 is 47.5. The lowest BCUT2D eigenvalue weighted by Gasteiger charge is -2.39. The molecule has 0 radical (unpaired) electrons. The first-order valence-electron chi connectivity index (χ1n) is 13.9. The van der Waals surface area contributed by atoms with E-state index in [4.69, 9.17) is 16.3 Å². The Bertz CT molecular complexity index is 1650. The number of benzene rings is 2. The van der Waals surface area contributed by atoms with Gasteiger partial charge in [0.25, 0.3) is 11.8 Å². The second-order valence-electron chi connectivity index (χ2n) is 10.7. The van der Waals surface area contributed by atoms with E-state index >= 15 is 0 Å². The van der Waals surface area contributed by atoms with Crippen LogP contribution in [0.4, 0.5) is 13.2 Å². The Morgan fingerprint density at radius 1 is 1.09 bits per heavy atom. The standard InChI is InChI=1S/C31H30ClF3N6O3/c1-40(2)12-13-44-27-16-23(31(33,34)35)21(17-38-27)29(42)39-25-8-11-41(18-22(25)19-6-4-3-5-7-19)30(43)20-14-24(32)28-26(15-20)36-9-10-37-28/h3-7,9-10,14-17,22,25H,8,11-13,18H2,1-2H3,(H,39,42)/t22-,25-/m1/s1. The number of halogens is 4. The van der Waals surface area contributed by atoms with Crippen molar-refractivity contribution in [3.8, 4) is 5.88 Å². The first-order chi connectivity index (χ1) is 21.0. The van der Waals surface area contributed by atoms with Gasteiger partial charge in [0.15, 0.2) is 0 Å². The van der Waals surface area contributed by atoms with E-state index in [9.17, 15) is 22.8 Å². The number of carbonyl (C=O) groups excluding carboxylic acids is 2. The first-order valence-corrected chi connectivity index (χ1v) is 14.3. The molecule has 1 aliphatic heterocycles. The molecule has 1 saturated heterocycles. The minimum atomic E-state index is -4.81. The number of pyridine rings is 1. The Balaban J connectivity index is 1.38. The summed E-state index contributed by atoms with van der Waals surface area (Å²) in [6.07, 6.45) is -0.584. The van der Waals surface area contributed by atoms with Gasteiger partial charge in [-0.2, -0.15) is 13.2 Å². The summed E-state index contributed by atoms with van der Waals surface area (Å²) in [5, 5.41) is 3.10. The minimum absolute atomic E-state index is 0.137. The lowest BCUT2D eigenvalue weighted by Crippen LogP contribution is -2.51. The van der Waals surface area contributed by atoms with Gasteiger partial charge < -0.3 is 19.9 Å². The molecule has 0 bridgehead atoms. The summed E-state index contributed by atoms with van der Waals surface area (Å²) in [6.45, 7) is 1.09. The molecule has 2 amide bonds. The molecule has 0 unspecified atom stereocenters. The highest BCUT2D eigenvalue weighted by Crippen LogP contribution is 2.35. The number of fused-ring (bicyclic) bond motifs is 1. The number of likely N-dealkylation sites (N-methyl/N-ethyl adjacent to an activating group) is 1. The number of carbonyl (C=O) groups is 2. The molecule has 5 rings (SSSR count). The number of ether oxygens (including phenoxy) is 1. The zero-order valence-corrected chi connectivity index (χ0v) is 24.8. The van der Waals surface area contributed by atoms with Crippen molar-refractivity contribution in [3.63, 3.8) is 0 Å². The van der Waals surface area contributed by atoms with Crippen molar-refractivity contribution < 1.29 is 27.5 Å². The molecular weight excluding hydrogens is 597 g/mol. The molecular formula is C31H30ClF3N6O3. The van der Waals surface area contributed by atoms with Crippen LogP contribution in [0.5, 0.6) is 5.88 Å². The molecule has 230 valence electrons. The van der Waals surface area contributed by atoms with Gasteiger partial charge in [0.2, 0.25) is 5.88 Å². The topological polar surface area (TPSA) is 101 Å². The van der Waals surface area contributed by atoms with Crippen LogP contribution < -0.4 is 10.1 Å². The van der Waals surface area contributed by atoms with Crippen LogP contribution in [0, 0.1) is 0 Å². The largest absolute Gasteiger partial charge is 0.476 e. The second kappa shape index (κ2) is 13.1. The summed E-state index contributed by atoms with van der Waals surface area (Å²) in [6, 6.07) is 12.6. The average molecular weight is 627 g/mol. The summed E-state index contributed by atoms with van der Waals surface area (Å²) >= 11 is 6.38. The molecule has 1 N–H and O–H groups in total. The van der Waals surface area contributed by atoms with Crippen LogP contribution in [0.25, 0.3) is 11.0 Å². The van der Waals surface area contributed by atoms with Gasteiger partial charge in [0.1, 0.15) is 12.1 Å². The zero-order valence-electron chi connectivity index (χ0n) is 24.0. The predicted molar refractivity (Wildman–Crippen MR) is 159 cm³/mol. The third-order valence-corrected chi connectivity index (χ3v) is 7.72. The van der Waals surface area contributed by atoms with Gasteiger partial charge in [-0.1, -0.05) is 41.9 Å². The molecule has 13 heteroatoms. The number of nitrogens with zero attached hydrogens (tertiary/aromatic N) is 5. The Labute approximate surface area is 257 Å². The van der Waals surface area contributed by atoms with Crippen LogP contribution >= 0.6 is 11.6 Å². The summed E-state index contributed by atoms with van der Waals surface area (Å²) in [7, 11) is 3.62. The van der Waals surface area contributed by atoms with Crippen molar-refractivity contribution in [1.29, 1.82) is 0 Å². The molecule has 1 aliphatic rings. The van der Waals surface area contributed by atoms with Gasteiger partial charge >= 0.3 is 6.18 Å². The molecule has 4 aromatic rings. The average Bonchev–Trinajstić information content (AvgIpc) is 3.00. The Kier molecular flexibility index (Phi) is 9.31. The van der Waals surface area contributed by atoms with Crippen LogP contribution in [-0.2, 0) is 6.18 Å². The van der Waals surface area contributed by atoms with Crippen molar-refractivity contribution in [2.24, 2.45) is 0 Å². The smallest absolute Gasteiger partial charge is 0.417 e. The monoisotopic (exact) mass is 626 g/mol. The fourth-order valence-electron chi connectivity index (χ4n) is 5.20. The number of hydrogen-bond acceptors (Lipinski definition) is 7. The maximum Gasteiger partial charge on any atom is 0.417 e. The number of likely N-dealkylation sites (tertiary alicyclic amines) is 1. The molecule has 2 aromatic heterocycles. The summed E-state index contributed by atoms with van der Waals surface area (Å²) in [5.74, 6) is -1.80. The molecule has 2 aromatic carbocycles. The normalized spacial score (nSPS) is 17.1. The van der Waals surface area contributed by atoms with E-state index in [1.54, 1.807) is 17.0 Å². The van der Waals surface area contributed by atoms with E-state index in [2.05, 4.69) is 20.3 Å². The van der Waals surface area contributed by atoms with Crippen LogP contribution in [0.2, 0.25) is 5.02 Å². The van der Waals surface area contributed by atoms with Crippen LogP contribution in [0.15, 0.2) is 67.1 Å². The third kappa shape index (κ3) is 7.08. The van der Waals surface area contributed by atoms with E-state index in [0.29, 0.717) is 34.6 Å². The number of amides is 2. The fraction of sp³-hybridized carbons (Fsp3) is 0.323. The van der Waals surface area contributed by atoms with E-state index in [-0.39, 0.29) is 31.5 Å². The Morgan fingerprint density at radius 2 is 1.84 bits per heavy atom. The second-order valence-corrected chi connectivity index (χ2v) is 11.1. The van der Waals surface area contributed by atoms with E-state index in [0.717, 1.165) is 17.8 Å². The van der Waals surface area contributed by atoms with E-state index in [1.165, 1.54) is 12.4 Å². The highest BCUT2D eigenvalue weighted by atomic mass is 35.5. The van der Waals surface area contributed by atoms with Gasteiger partial charge in [-0.25, -0.2) is 4.98 Å². The molecule has 3 heterocycles. The van der Waals surface area contributed by atoms with Crippen LogP contribution in [-0.4, -0.2) is 82.9 Å². The molecule has 9 nitrogen and oxygen atoms in total. The number of aromatic nitrogens is 3. The summed E-state index contributed by atoms with van der Waals surface area (Å²) in [4.78, 5) is 42.9. The SMILES string of the molecule is CN(C)CCOc1cc(C(F)(F)F)c(C(=O)N[C@@H]2CCN(C(=O)c3cc(Cl)c4nccnc4c3)C[C@@H]2c2ccccc2)cn1. The first kappa shape index (κ1) is 31.1. The maximum absolute atomic E-state index is 14.1. The summed E-state index contributed by atoms with van der Waals surface area (Å²) in [5.41, 5.74) is 0.394. The van der Waals surface area contributed by atoms with Crippen molar-refractivity contribution >= 4 is 34.4 Å². The molecule has 44 heavy (non-hydrogen) atoms. The van der Waals surface area contributed by atoms with Gasteiger partial charge in [0, 0.05) is 61.8 Å². The Morgan fingerprint density at radius 3 is 2.57 bits per heavy atom. The van der Waals surface area contributed by atoms with Crippen molar-refractivity contribution in [2.45, 2.75) is 24.6 Å². The lowest BCUT2D eigenvalue weighted by atomic mass is 9.85. The highest BCUT2D eigenvalue weighted by molar-refractivity contribution is 6.35. The fourth-order valence-corrected chi connectivity index (χ4v) is 5.46. The number of nitrogens with one attached hydrogen (secondary N) is 1. The van der Waals surface area contributed by atoms with Crippen molar-refractivity contribution in [2.75, 3.05) is 40.3 Å². The minimum Gasteiger partial charge on any atom is -0.476 e. The van der Waals surface area contributed by atoms with Crippen molar-refractivity contribution in [1.82, 2.24) is 30.1 Å². The van der Waals surface area contributed by atoms with Gasteiger partial charge in [-0.15, -0.1) is 0 Å². The van der Waals surface area contributed by atoms with Gasteiger partial charge in [-0.05, 0) is 38.2 Å². The van der Waals surface area contributed by atoms with Gasteiger partial charge in [0.05, 0.1) is 21.7 Å². The zero-order chi connectivity index (χ0) is 31.4. The lowest BCUT2D eigenvalue weighted by molar-refractivity contribution is -0.138. The maximum atomic E-state index is 14.1. The number of rotatable bonds is 8. The highest BCUT2D eigenvalue weighted by Gasteiger charge is 2.39. The predicted octanol–water partition coefficient (Wildman–Crippen LogP) is 5.07. The number of piperidine rings is 1. The quantitative estimate of drug-likeness (QED) is 0.292. The van der Waals surface area contributed by atoms with Gasteiger partial charge in [-0.3, -0.25) is 19.6 Å². The number of hydrogen-bond donors (Lipinski definition) is 1. The molecule has 0 spiro atoms. The molecule has 0 saturated carbocycles. The van der Waals surface area contributed by atoms with E-state index in [1.807, 2.05) is 49.3 Å². The molecule has 2 atom stereocenters. The van der Waals surface area contributed by atoms with Crippen LogP contribution in [0.1, 0.15) is 44.2 Å². The van der Waals surface area contributed by atoms with E-state index < -0.39 is 35.2 Å². The third-order valence-electron chi connectivity index (χ3n) is 7.44. The molecule has 1 fully saturated rings. The number of alkyl halides is 3. The van der Waals surface area contributed by atoms with Crippen LogP contribution in [0.3, 0.4) is 0 Å². The molecule has 0 aliphatic carbocycles.